The molecule has 5 nitrogen and oxygen atoms in total. The predicted molar refractivity (Wildman–Crippen MR) is 91.1 cm³/mol. The molecule has 1 unspecified atom stereocenters. The van der Waals surface area contributed by atoms with E-state index in [1.54, 1.807) is 23.0 Å². The van der Waals surface area contributed by atoms with Crippen LogP contribution in [0.5, 0.6) is 0 Å². The van der Waals surface area contributed by atoms with E-state index in [0.29, 0.717) is 5.69 Å². The fourth-order valence-electron chi connectivity index (χ4n) is 3.27. The van der Waals surface area contributed by atoms with Crippen LogP contribution in [0.15, 0.2) is 30.5 Å². The maximum Gasteiger partial charge on any atom is 0.246 e. The number of likely N-dealkylation sites (tertiary alicyclic amines) is 1. The van der Waals surface area contributed by atoms with E-state index in [9.17, 15) is 9.18 Å². The number of carbonyl (C=O) groups excluding carboxylic acids is 1. The van der Waals surface area contributed by atoms with Crippen LogP contribution in [0, 0.1) is 12.7 Å². The third-order valence-electron chi connectivity index (χ3n) is 4.46. The number of piperidine rings is 1. The highest BCUT2D eigenvalue weighted by molar-refractivity contribution is 5.95. The summed E-state index contributed by atoms with van der Waals surface area (Å²) in [6.07, 6.45) is 5.15. The Balaban J connectivity index is 1.86. The SMILES string of the molecule is Cc1nn(C)cc1NC(=O)C(c1ccc(F)cc1)N1CCCCC1. The highest BCUT2D eigenvalue weighted by Crippen LogP contribution is 2.27. The number of amides is 1. The van der Waals surface area contributed by atoms with Crippen LogP contribution < -0.4 is 5.32 Å². The monoisotopic (exact) mass is 330 g/mol. The van der Waals surface area contributed by atoms with E-state index in [0.717, 1.165) is 37.2 Å². The molecule has 0 bridgehead atoms. The zero-order valence-electron chi connectivity index (χ0n) is 14.1. The molecule has 0 radical (unpaired) electrons. The molecule has 6 heteroatoms. The van der Waals surface area contributed by atoms with Crippen molar-refractivity contribution in [3.05, 3.63) is 47.5 Å². The van der Waals surface area contributed by atoms with Gasteiger partial charge in [0, 0.05) is 13.2 Å². The standard InChI is InChI=1S/C18H23FN4O/c1-13-16(12-22(2)21-13)20-18(24)17(23-10-4-3-5-11-23)14-6-8-15(19)9-7-14/h6-9,12,17H,3-5,10-11H2,1-2H3,(H,20,24). The van der Waals surface area contributed by atoms with Crippen LogP contribution in [0.1, 0.15) is 36.6 Å². The second kappa shape index (κ2) is 7.13. The third kappa shape index (κ3) is 3.64. The van der Waals surface area contributed by atoms with E-state index in [2.05, 4.69) is 15.3 Å². The fraction of sp³-hybridized carbons (Fsp3) is 0.444. The summed E-state index contributed by atoms with van der Waals surface area (Å²) in [7, 11) is 1.82. The molecule has 0 saturated carbocycles. The van der Waals surface area contributed by atoms with Gasteiger partial charge in [0.25, 0.3) is 0 Å². The number of halogens is 1. The largest absolute Gasteiger partial charge is 0.322 e. The van der Waals surface area contributed by atoms with Crippen molar-refractivity contribution in [3.8, 4) is 0 Å². The normalized spacial score (nSPS) is 16.8. The number of rotatable bonds is 4. The number of aryl methyl sites for hydroxylation is 2. The van der Waals surface area contributed by atoms with Crippen molar-refractivity contribution in [2.24, 2.45) is 7.05 Å². The highest BCUT2D eigenvalue weighted by Gasteiger charge is 2.29. The lowest BCUT2D eigenvalue weighted by Gasteiger charge is -2.33. The summed E-state index contributed by atoms with van der Waals surface area (Å²) in [5.41, 5.74) is 2.31. The van der Waals surface area contributed by atoms with Gasteiger partial charge in [-0.2, -0.15) is 5.10 Å². The van der Waals surface area contributed by atoms with Gasteiger partial charge in [-0.3, -0.25) is 14.4 Å². The summed E-state index contributed by atoms with van der Waals surface area (Å²) >= 11 is 0. The van der Waals surface area contributed by atoms with Crippen molar-refractivity contribution >= 4 is 11.6 Å². The van der Waals surface area contributed by atoms with Crippen molar-refractivity contribution in [1.29, 1.82) is 0 Å². The van der Waals surface area contributed by atoms with E-state index in [1.165, 1.54) is 18.6 Å². The second-order valence-electron chi connectivity index (χ2n) is 6.34. The van der Waals surface area contributed by atoms with Gasteiger partial charge in [0.05, 0.1) is 11.4 Å². The Hall–Kier alpha value is -2.21. The van der Waals surface area contributed by atoms with E-state index in [-0.39, 0.29) is 11.7 Å². The molecule has 1 saturated heterocycles. The van der Waals surface area contributed by atoms with Crippen molar-refractivity contribution < 1.29 is 9.18 Å². The zero-order valence-corrected chi connectivity index (χ0v) is 14.1. The number of hydrogen-bond acceptors (Lipinski definition) is 3. The molecule has 1 aromatic heterocycles. The number of benzene rings is 1. The lowest BCUT2D eigenvalue weighted by atomic mass is 10.0. The van der Waals surface area contributed by atoms with Crippen LogP contribution in [-0.4, -0.2) is 33.7 Å². The van der Waals surface area contributed by atoms with E-state index >= 15 is 0 Å². The maximum atomic E-state index is 13.3. The Morgan fingerprint density at radius 1 is 1.21 bits per heavy atom. The first kappa shape index (κ1) is 16.6. The third-order valence-corrected chi connectivity index (χ3v) is 4.46. The molecule has 1 N–H and O–H groups in total. The minimum absolute atomic E-state index is 0.0976. The van der Waals surface area contributed by atoms with Crippen LogP contribution in [-0.2, 0) is 11.8 Å². The summed E-state index contributed by atoms with van der Waals surface area (Å²) in [4.78, 5) is 15.2. The van der Waals surface area contributed by atoms with Crippen LogP contribution in [0.4, 0.5) is 10.1 Å². The van der Waals surface area contributed by atoms with E-state index < -0.39 is 6.04 Å². The zero-order chi connectivity index (χ0) is 17.1. The lowest BCUT2D eigenvalue weighted by molar-refractivity contribution is -0.122. The lowest BCUT2D eigenvalue weighted by Crippen LogP contribution is -2.40. The topological polar surface area (TPSA) is 50.2 Å². The molecular weight excluding hydrogens is 307 g/mol. The van der Waals surface area contributed by atoms with Crippen molar-refractivity contribution in [1.82, 2.24) is 14.7 Å². The Labute approximate surface area is 141 Å². The summed E-state index contributed by atoms with van der Waals surface area (Å²) in [5.74, 6) is -0.390. The van der Waals surface area contributed by atoms with Gasteiger partial charge in [-0.15, -0.1) is 0 Å². The Morgan fingerprint density at radius 3 is 2.46 bits per heavy atom. The van der Waals surface area contributed by atoms with Crippen molar-refractivity contribution in [2.45, 2.75) is 32.2 Å². The van der Waals surface area contributed by atoms with Crippen molar-refractivity contribution in [2.75, 3.05) is 18.4 Å². The first-order valence-corrected chi connectivity index (χ1v) is 8.35. The fourth-order valence-corrected chi connectivity index (χ4v) is 3.27. The Morgan fingerprint density at radius 2 is 1.88 bits per heavy atom. The molecule has 0 aliphatic carbocycles. The molecule has 2 heterocycles. The van der Waals surface area contributed by atoms with Crippen LogP contribution in [0.25, 0.3) is 0 Å². The quantitative estimate of drug-likeness (QED) is 0.937. The number of hydrogen-bond donors (Lipinski definition) is 1. The molecule has 24 heavy (non-hydrogen) atoms. The number of nitrogens with one attached hydrogen (secondary N) is 1. The molecule has 1 aliphatic rings. The highest BCUT2D eigenvalue weighted by atomic mass is 19.1. The first-order chi connectivity index (χ1) is 11.5. The van der Waals surface area contributed by atoms with Crippen molar-refractivity contribution in [3.63, 3.8) is 0 Å². The smallest absolute Gasteiger partial charge is 0.246 e. The summed E-state index contributed by atoms with van der Waals surface area (Å²) in [6, 6.07) is 5.81. The van der Waals surface area contributed by atoms with Gasteiger partial charge in [0.1, 0.15) is 11.9 Å². The average molecular weight is 330 g/mol. The average Bonchev–Trinajstić information content (AvgIpc) is 2.88. The second-order valence-corrected chi connectivity index (χ2v) is 6.34. The van der Waals surface area contributed by atoms with E-state index in [1.807, 2.05) is 14.0 Å². The molecule has 1 amide bonds. The Bertz CT molecular complexity index is 704. The molecule has 1 atom stereocenters. The minimum Gasteiger partial charge on any atom is -0.322 e. The minimum atomic E-state index is -0.412. The van der Waals surface area contributed by atoms with Crippen LogP contribution in [0.3, 0.4) is 0 Å². The molecule has 1 fully saturated rings. The number of carbonyl (C=O) groups is 1. The number of anilines is 1. The van der Waals surface area contributed by atoms with Gasteiger partial charge >= 0.3 is 0 Å². The molecule has 1 aliphatic heterocycles. The van der Waals surface area contributed by atoms with Gasteiger partial charge in [-0.1, -0.05) is 18.6 Å². The van der Waals surface area contributed by atoms with Gasteiger partial charge in [-0.25, -0.2) is 4.39 Å². The molecule has 2 aromatic rings. The van der Waals surface area contributed by atoms with Gasteiger partial charge in [0.15, 0.2) is 0 Å². The summed E-state index contributed by atoms with van der Waals surface area (Å²) < 4.78 is 15.0. The molecule has 0 spiro atoms. The number of nitrogens with zero attached hydrogens (tertiary/aromatic N) is 3. The number of aromatic nitrogens is 2. The Kier molecular flexibility index (Phi) is 4.94. The molecular formula is C18H23FN4O. The van der Waals surface area contributed by atoms with Gasteiger partial charge in [-0.05, 0) is 50.6 Å². The van der Waals surface area contributed by atoms with Crippen LogP contribution >= 0.6 is 0 Å². The summed E-state index contributed by atoms with van der Waals surface area (Å²) in [5, 5.41) is 7.24. The first-order valence-electron chi connectivity index (χ1n) is 8.35. The maximum absolute atomic E-state index is 13.3. The molecule has 1 aromatic carbocycles. The van der Waals surface area contributed by atoms with Crippen LogP contribution in [0.2, 0.25) is 0 Å². The summed E-state index contributed by atoms with van der Waals surface area (Å²) in [6.45, 7) is 3.62. The van der Waals surface area contributed by atoms with Gasteiger partial charge < -0.3 is 5.32 Å². The molecule has 128 valence electrons. The molecule has 3 rings (SSSR count). The van der Waals surface area contributed by atoms with Gasteiger partial charge in [0.2, 0.25) is 5.91 Å². The van der Waals surface area contributed by atoms with E-state index in [4.69, 9.17) is 0 Å². The predicted octanol–water partition coefficient (Wildman–Crippen LogP) is 3.03.